The summed E-state index contributed by atoms with van der Waals surface area (Å²) in [5.41, 5.74) is 2.52. The number of ether oxygens (including phenoxy) is 1. The summed E-state index contributed by atoms with van der Waals surface area (Å²) in [4.78, 5) is 27.0. The fraction of sp³-hybridized carbons (Fsp3) is 0.200. The van der Waals surface area contributed by atoms with Crippen molar-refractivity contribution < 1.29 is 18.7 Å². The summed E-state index contributed by atoms with van der Waals surface area (Å²) in [6.07, 6.45) is 6.49. The average Bonchev–Trinajstić information content (AvgIpc) is 3.35. The molecule has 7 nitrogen and oxygen atoms in total. The Morgan fingerprint density at radius 2 is 1.92 bits per heavy atom. The topological polar surface area (TPSA) is 88.2 Å². The maximum absolute atomic E-state index is 15.0. The van der Waals surface area contributed by atoms with Gasteiger partial charge in [-0.25, -0.2) is 9.07 Å². The maximum atomic E-state index is 15.0. The molecule has 2 amide bonds. The molecule has 0 N–H and O–H groups in total. The fourth-order valence-electron chi connectivity index (χ4n) is 4.10. The lowest BCUT2D eigenvalue weighted by molar-refractivity contribution is -0.139. The van der Waals surface area contributed by atoms with E-state index in [1.807, 2.05) is 43.3 Å². The van der Waals surface area contributed by atoms with Gasteiger partial charge in [0.1, 0.15) is 17.3 Å². The van der Waals surface area contributed by atoms with Gasteiger partial charge in [0, 0.05) is 29.4 Å². The molecule has 0 saturated carbocycles. The molecule has 2 aromatic carbocycles. The largest absolute Gasteiger partial charge is 0.491 e. The summed E-state index contributed by atoms with van der Waals surface area (Å²) in [7, 11) is 0. The Hall–Kier alpha value is -4.77. The van der Waals surface area contributed by atoms with Gasteiger partial charge in [0.25, 0.3) is 11.8 Å². The first-order valence-corrected chi connectivity index (χ1v) is 12.3. The number of amides is 2. The summed E-state index contributed by atoms with van der Waals surface area (Å²) in [5, 5.41) is 14.3. The summed E-state index contributed by atoms with van der Waals surface area (Å²) in [6.45, 7) is 7.59. The van der Waals surface area contributed by atoms with Crippen LogP contribution in [0.4, 0.5) is 4.39 Å². The van der Waals surface area contributed by atoms with Crippen LogP contribution < -0.4 is 4.74 Å². The molecule has 38 heavy (non-hydrogen) atoms. The zero-order valence-electron chi connectivity index (χ0n) is 21.3. The van der Waals surface area contributed by atoms with E-state index in [-0.39, 0.29) is 29.0 Å². The Balaban J connectivity index is 1.86. The molecule has 1 aromatic heterocycles. The molecule has 4 rings (SSSR count). The van der Waals surface area contributed by atoms with Gasteiger partial charge in [-0.15, -0.1) is 6.58 Å². The Morgan fingerprint density at radius 3 is 2.58 bits per heavy atom. The number of nitriles is 1. The van der Waals surface area contributed by atoms with E-state index in [4.69, 9.17) is 9.84 Å². The predicted molar refractivity (Wildman–Crippen MR) is 143 cm³/mol. The van der Waals surface area contributed by atoms with Crippen LogP contribution in [-0.4, -0.2) is 39.6 Å². The highest BCUT2D eigenvalue weighted by molar-refractivity contribution is 6.19. The summed E-state index contributed by atoms with van der Waals surface area (Å²) in [5.74, 6) is -1.57. The Labute approximate surface area is 220 Å². The molecule has 0 unspecified atom stereocenters. The summed E-state index contributed by atoms with van der Waals surface area (Å²) < 4.78 is 22.1. The zero-order chi connectivity index (χ0) is 27.2. The van der Waals surface area contributed by atoms with Crippen LogP contribution in [0.15, 0.2) is 84.1 Å². The third-order valence-electron chi connectivity index (χ3n) is 6.16. The number of nitrogens with zero attached hydrogens (tertiary/aromatic N) is 4. The number of carbonyl (C=O) groups excluding carboxylic acids is 2. The standard InChI is InChI=1S/C30H27FN4O3/c1-4-6-15-38-27-13-12-21(17-26(27)31)28-22(19-35(33-28)23-10-8-7-9-11-23)16-24-20(3)25(18-32)30(37)34(14-5-2)29(24)36/h5,7-13,16-17,19H,2,4,6,14-15H2,1,3H3/b24-16+. The van der Waals surface area contributed by atoms with E-state index in [1.165, 1.54) is 12.1 Å². The van der Waals surface area contributed by atoms with Crippen LogP contribution in [0, 0.1) is 17.1 Å². The Kier molecular flexibility index (Phi) is 7.97. The molecule has 0 fully saturated rings. The van der Waals surface area contributed by atoms with Gasteiger partial charge >= 0.3 is 0 Å². The molecule has 2 heterocycles. The number of unbranched alkanes of at least 4 members (excludes halogenated alkanes) is 1. The highest BCUT2D eigenvalue weighted by Gasteiger charge is 2.35. The van der Waals surface area contributed by atoms with Crippen LogP contribution in [-0.2, 0) is 9.59 Å². The summed E-state index contributed by atoms with van der Waals surface area (Å²) in [6, 6.07) is 15.9. The van der Waals surface area contributed by atoms with E-state index in [2.05, 4.69) is 6.58 Å². The van der Waals surface area contributed by atoms with Crippen molar-refractivity contribution in [1.29, 1.82) is 5.26 Å². The number of carbonyl (C=O) groups is 2. The molecule has 0 spiro atoms. The number of hydrogen-bond acceptors (Lipinski definition) is 5. The molecule has 0 aliphatic carbocycles. The van der Waals surface area contributed by atoms with Crippen molar-refractivity contribution in [1.82, 2.24) is 14.7 Å². The van der Waals surface area contributed by atoms with Crippen LogP contribution >= 0.6 is 0 Å². The van der Waals surface area contributed by atoms with Crippen LogP contribution in [0.3, 0.4) is 0 Å². The third kappa shape index (κ3) is 5.18. The highest BCUT2D eigenvalue weighted by atomic mass is 19.1. The number of rotatable bonds is 9. The minimum Gasteiger partial charge on any atom is -0.491 e. The smallest absolute Gasteiger partial charge is 0.271 e. The van der Waals surface area contributed by atoms with Gasteiger partial charge in [0.05, 0.1) is 12.3 Å². The lowest BCUT2D eigenvalue weighted by atomic mass is 9.93. The molecule has 3 aromatic rings. The van der Waals surface area contributed by atoms with Crippen molar-refractivity contribution in [2.45, 2.75) is 26.7 Å². The lowest BCUT2D eigenvalue weighted by Crippen LogP contribution is -2.42. The first kappa shape index (κ1) is 26.3. The molecule has 8 heteroatoms. The molecular formula is C30H27FN4O3. The van der Waals surface area contributed by atoms with E-state index in [0.29, 0.717) is 23.4 Å². The maximum Gasteiger partial charge on any atom is 0.271 e. The number of imide groups is 1. The van der Waals surface area contributed by atoms with Crippen molar-refractivity contribution >= 4 is 17.9 Å². The predicted octanol–water partition coefficient (Wildman–Crippen LogP) is 5.64. The van der Waals surface area contributed by atoms with E-state index < -0.39 is 17.6 Å². The highest BCUT2D eigenvalue weighted by Crippen LogP contribution is 2.32. The number of aromatic nitrogens is 2. The van der Waals surface area contributed by atoms with Gasteiger partial charge in [-0.1, -0.05) is 37.6 Å². The second kappa shape index (κ2) is 11.5. The van der Waals surface area contributed by atoms with Gasteiger partial charge < -0.3 is 4.74 Å². The van der Waals surface area contributed by atoms with E-state index >= 15 is 0 Å². The Morgan fingerprint density at radius 1 is 1.16 bits per heavy atom. The normalized spacial score (nSPS) is 14.7. The second-order valence-corrected chi connectivity index (χ2v) is 8.74. The molecule has 0 bridgehead atoms. The van der Waals surface area contributed by atoms with Crippen LogP contribution in [0.5, 0.6) is 5.75 Å². The Bertz CT molecular complexity index is 1500. The van der Waals surface area contributed by atoms with Gasteiger partial charge in [-0.3, -0.25) is 14.5 Å². The van der Waals surface area contributed by atoms with Gasteiger partial charge in [0.15, 0.2) is 11.6 Å². The van der Waals surface area contributed by atoms with E-state index in [1.54, 1.807) is 36.0 Å². The average molecular weight is 511 g/mol. The monoisotopic (exact) mass is 510 g/mol. The van der Waals surface area contributed by atoms with E-state index in [0.717, 1.165) is 23.4 Å². The van der Waals surface area contributed by atoms with Gasteiger partial charge in [-0.05, 0) is 55.3 Å². The summed E-state index contributed by atoms with van der Waals surface area (Å²) >= 11 is 0. The minimum atomic E-state index is -0.659. The number of benzene rings is 2. The van der Waals surface area contributed by atoms with Gasteiger partial charge in [-0.2, -0.15) is 10.4 Å². The molecule has 0 radical (unpaired) electrons. The third-order valence-corrected chi connectivity index (χ3v) is 6.16. The molecule has 1 aliphatic rings. The molecule has 1 aliphatic heterocycles. The number of hydrogen-bond donors (Lipinski definition) is 0. The zero-order valence-corrected chi connectivity index (χ0v) is 21.3. The first-order chi connectivity index (χ1) is 18.4. The molecule has 0 atom stereocenters. The van der Waals surface area contributed by atoms with Crippen molar-refractivity contribution in [3.63, 3.8) is 0 Å². The van der Waals surface area contributed by atoms with Crippen molar-refractivity contribution in [3.8, 4) is 28.8 Å². The van der Waals surface area contributed by atoms with Crippen LogP contribution in [0.1, 0.15) is 32.3 Å². The minimum absolute atomic E-state index is 0.0334. The van der Waals surface area contributed by atoms with Crippen LogP contribution in [0.25, 0.3) is 23.0 Å². The number of para-hydroxylation sites is 1. The van der Waals surface area contributed by atoms with Crippen molar-refractivity contribution in [2.75, 3.05) is 13.2 Å². The van der Waals surface area contributed by atoms with Crippen LogP contribution in [0.2, 0.25) is 0 Å². The quantitative estimate of drug-likeness (QED) is 0.161. The van der Waals surface area contributed by atoms with Crippen molar-refractivity contribution in [2.24, 2.45) is 0 Å². The lowest BCUT2D eigenvalue weighted by Gasteiger charge is -2.26. The molecule has 0 saturated heterocycles. The van der Waals surface area contributed by atoms with Crippen molar-refractivity contribution in [3.05, 3.63) is 95.5 Å². The van der Waals surface area contributed by atoms with Gasteiger partial charge in [0.2, 0.25) is 0 Å². The molecular weight excluding hydrogens is 483 g/mol. The SMILES string of the molecule is C=CCN1C(=O)C(C#N)=C(C)/C(=C\c2cn(-c3ccccc3)nc2-c2ccc(OCCCC)c(F)c2)C1=O. The first-order valence-electron chi connectivity index (χ1n) is 12.3. The second-order valence-electron chi connectivity index (χ2n) is 8.74. The number of halogens is 1. The molecule has 192 valence electrons. The fourth-order valence-corrected chi connectivity index (χ4v) is 4.10. The van der Waals surface area contributed by atoms with E-state index in [9.17, 15) is 19.2 Å².